The van der Waals surface area contributed by atoms with Gasteiger partial charge in [0.25, 0.3) is 0 Å². The molecule has 7 heteroatoms. The molecule has 0 unspecified atom stereocenters. The molecule has 2 saturated heterocycles. The molecule has 134 valence electrons. The maximum atomic E-state index is 13.2. The first kappa shape index (κ1) is 17.5. The summed E-state index contributed by atoms with van der Waals surface area (Å²) < 4.78 is 38.6. The zero-order valence-corrected chi connectivity index (χ0v) is 15.4. The third-order valence-corrected chi connectivity index (χ3v) is 7.11. The first-order valence-electron chi connectivity index (χ1n) is 8.31. The van der Waals surface area contributed by atoms with Gasteiger partial charge in [0.15, 0.2) is 0 Å². The maximum Gasteiger partial charge on any atom is 0.246 e. The Morgan fingerprint density at radius 3 is 2.50 bits per heavy atom. The number of likely N-dealkylation sites (tertiary alicyclic amines) is 1. The Kier molecular flexibility index (Phi) is 4.77. The van der Waals surface area contributed by atoms with Crippen LogP contribution in [-0.2, 0) is 10.0 Å². The summed E-state index contributed by atoms with van der Waals surface area (Å²) in [7, 11) is 1.52. The van der Waals surface area contributed by atoms with Crippen molar-refractivity contribution in [2.45, 2.75) is 24.2 Å². The Labute approximate surface area is 144 Å². The number of hydrogen-bond acceptors (Lipinski definition) is 5. The number of nitrogens with zero attached hydrogens (tertiary/aromatic N) is 2. The van der Waals surface area contributed by atoms with E-state index in [9.17, 15) is 8.42 Å². The molecule has 24 heavy (non-hydrogen) atoms. The lowest BCUT2D eigenvalue weighted by atomic mass is 9.80. The van der Waals surface area contributed by atoms with E-state index in [1.165, 1.54) is 14.2 Å². The van der Waals surface area contributed by atoms with Crippen LogP contribution in [-0.4, -0.2) is 65.1 Å². The topological polar surface area (TPSA) is 59.1 Å². The third-order valence-electron chi connectivity index (χ3n) is 5.24. The van der Waals surface area contributed by atoms with Gasteiger partial charge >= 0.3 is 0 Å². The van der Waals surface area contributed by atoms with E-state index in [1.54, 1.807) is 22.5 Å². The Balaban J connectivity index is 1.93. The minimum atomic E-state index is -3.61. The lowest BCUT2D eigenvalue weighted by Crippen LogP contribution is -2.47. The molecule has 3 rings (SSSR count). The van der Waals surface area contributed by atoms with Gasteiger partial charge in [0.2, 0.25) is 10.0 Å². The molecule has 0 aliphatic carbocycles. The smallest absolute Gasteiger partial charge is 0.246 e. The second kappa shape index (κ2) is 6.54. The summed E-state index contributed by atoms with van der Waals surface area (Å²) in [5.41, 5.74) is 0.0895. The minimum Gasteiger partial charge on any atom is -0.497 e. The lowest BCUT2D eigenvalue weighted by Gasteiger charge is -2.39. The van der Waals surface area contributed by atoms with Crippen LogP contribution >= 0.6 is 0 Å². The van der Waals surface area contributed by atoms with Crippen LogP contribution < -0.4 is 9.47 Å². The molecule has 0 saturated carbocycles. The Bertz CT molecular complexity index is 703. The van der Waals surface area contributed by atoms with Crippen molar-refractivity contribution in [3.63, 3.8) is 0 Å². The zero-order chi connectivity index (χ0) is 17.4. The highest BCUT2D eigenvalue weighted by atomic mass is 32.2. The number of ether oxygens (including phenoxy) is 2. The van der Waals surface area contributed by atoms with E-state index in [2.05, 4.69) is 11.9 Å². The summed E-state index contributed by atoms with van der Waals surface area (Å²) >= 11 is 0. The van der Waals surface area contributed by atoms with E-state index in [0.717, 1.165) is 32.4 Å². The Morgan fingerprint density at radius 2 is 1.88 bits per heavy atom. The van der Waals surface area contributed by atoms with Crippen molar-refractivity contribution < 1.29 is 17.9 Å². The largest absolute Gasteiger partial charge is 0.497 e. The van der Waals surface area contributed by atoms with E-state index in [1.807, 2.05) is 0 Å². The van der Waals surface area contributed by atoms with Crippen molar-refractivity contribution in [1.82, 2.24) is 9.21 Å². The van der Waals surface area contributed by atoms with Crippen molar-refractivity contribution in [1.29, 1.82) is 0 Å². The van der Waals surface area contributed by atoms with E-state index in [4.69, 9.17) is 9.47 Å². The molecule has 1 aromatic carbocycles. The van der Waals surface area contributed by atoms with Crippen molar-refractivity contribution in [3.05, 3.63) is 18.2 Å². The fraction of sp³-hybridized carbons (Fsp3) is 0.647. The van der Waals surface area contributed by atoms with Crippen LogP contribution in [0.15, 0.2) is 23.1 Å². The van der Waals surface area contributed by atoms with Gasteiger partial charge in [-0.2, -0.15) is 4.31 Å². The molecule has 2 aliphatic heterocycles. The van der Waals surface area contributed by atoms with E-state index in [-0.39, 0.29) is 10.3 Å². The van der Waals surface area contributed by atoms with Gasteiger partial charge in [0.05, 0.1) is 14.2 Å². The SMILES string of the molecule is COc1ccc(OC)c(S(=O)(=O)N2CCC[C@@]3(CCN(C)C3)C2)c1. The molecule has 2 aliphatic rings. The van der Waals surface area contributed by atoms with Gasteiger partial charge in [-0.15, -0.1) is 0 Å². The standard InChI is InChI=1S/C17H26N2O4S/c1-18-10-8-17(12-18)7-4-9-19(13-17)24(20,21)16-11-14(22-2)5-6-15(16)23-3/h5-6,11H,4,7-10,12-13H2,1-3H3/t17-/m0/s1. The molecule has 0 amide bonds. The number of rotatable bonds is 4. The van der Waals surface area contributed by atoms with Gasteiger partial charge in [-0.3, -0.25) is 0 Å². The predicted octanol–water partition coefficient (Wildman–Crippen LogP) is 1.81. The lowest BCUT2D eigenvalue weighted by molar-refractivity contribution is 0.153. The molecule has 0 aromatic heterocycles. The Morgan fingerprint density at radius 1 is 1.08 bits per heavy atom. The van der Waals surface area contributed by atoms with Crippen LogP contribution in [0.1, 0.15) is 19.3 Å². The maximum absolute atomic E-state index is 13.2. The predicted molar refractivity (Wildman–Crippen MR) is 92.1 cm³/mol. The number of benzene rings is 1. The van der Waals surface area contributed by atoms with Crippen molar-refractivity contribution >= 4 is 10.0 Å². The van der Waals surface area contributed by atoms with Gasteiger partial charge in [0.1, 0.15) is 16.4 Å². The molecule has 6 nitrogen and oxygen atoms in total. The molecule has 2 fully saturated rings. The van der Waals surface area contributed by atoms with Gasteiger partial charge in [0, 0.05) is 25.7 Å². The van der Waals surface area contributed by atoms with Crippen LogP contribution in [0.25, 0.3) is 0 Å². The second-order valence-electron chi connectivity index (χ2n) is 6.95. The van der Waals surface area contributed by atoms with Gasteiger partial charge in [-0.25, -0.2) is 8.42 Å². The Hall–Kier alpha value is -1.31. The monoisotopic (exact) mass is 354 g/mol. The molecule has 2 heterocycles. The average molecular weight is 354 g/mol. The van der Waals surface area contributed by atoms with E-state index >= 15 is 0 Å². The quantitative estimate of drug-likeness (QED) is 0.825. The summed E-state index contributed by atoms with van der Waals surface area (Å²) in [6.45, 7) is 3.15. The van der Waals surface area contributed by atoms with E-state index in [0.29, 0.717) is 24.6 Å². The highest BCUT2D eigenvalue weighted by Crippen LogP contribution is 2.41. The summed E-state index contributed by atoms with van der Waals surface area (Å²) in [5, 5.41) is 0. The molecular formula is C17H26N2O4S. The van der Waals surface area contributed by atoms with Crippen molar-refractivity contribution in [3.8, 4) is 11.5 Å². The van der Waals surface area contributed by atoms with E-state index < -0.39 is 10.0 Å². The molecule has 1 aromatic rings. The fourth-order valence-corrected chi connectivity index (χ4v) is 5.75. The number of hydrogen-bond donors (Lipinski definition) is 0. The van der Waals surface area contributed by atoms with Crippen LogP contribution in [0.5, 0.6) is 11.5 Å². The van der Waals surface area contributed by atoms with Gasteiger partial charge in [-0.05, 0) is 50.4 Å². The molecule has 1 atom stereocenters. The number of piperidine rings is 1. The number of sulfonamides is 1. The minimum absolute atomic E-state index is 0.0895. The third kappa shape index (κ3) is 3.12. The molecular weight excluding hydrogens is 328 g/mol. The summed E-state index contributed by atoms with van der Waals surface area (Å²) in [6, 6.07) is 4.91. The van der Waals surface area contributed by atoms with Crippen LogP contribution in [0.2, 0.25) is 0 Å². The first-order valence-corrected chi connectivity index (χ1v) is 9.75. The average Bonchev–Trinajstić information content (AvgIpc) is 2.94. The molecule has 0 radical (unpaired) electrons. The highest BCUT2D eigenvalue weighted by Gasteiger charge is 2.44. The van der Waals surface area contributed by atoms with Gasteiger partial charge < -0.3 is 14.4 Å². The van der Waals surface area contributed by atoms with Crippen molar-refractivity contribution in [2.75, 3.05) is 47.4 Å². The van der Waals surface area contributed by atoms with Gasteiger partial charge in [-0.1, -0.05) is 0 Å². The van der Waals surface area contributed by atoms with Crippen LogP contribution in [0, 0.1) is 5.41 Å². The zero-order valence-electron chi connectivity index (χ0n) is 14.6. The fourth-order valence-electron chi connectivity index (χ4n) is 3.98. The van der Waals surface area contributed by atoms with Crippen molar-refractivity contribution in [2.24, 2.45) is 5.41 Å². The molecule has 0 N–H and O–H groups in total. The highest BCUT2D eigenvalue weighted by molar-refractivity contribution is 7.89. The molecule has 1 spiro atoms. The first-order chi connectivity index (χ1) is 11.4. The second-order valence-corrected chi connectivity index (χ2v) is 8.85. The van der Waals surface area contributed by atoms with Crippen LogP contribution in [0.3, 0.4) is 0 Å². The summed E-state index contributed by atoms with van der Waals surface area (Å²) in [6.07, 6.45) is 3.06. The summed E-state index contributed by atoms with van der Waals surface area (Å²) in [4.78, 5) is 2.48. The normalized spacial score (nSPS) is 26.0. The number of methoxy groups -OCH3 is 2. The summed E-state index contributed by atoms with van der Waals surface area (Å²) in [5.74, 6) is 0.876. The molecule has 0 bridgehead atoms. The van der Waals surface area contributed by atoms with Crippen LogP contribution in [0.4, 0.5) is 0 Å².